The number of hydrogen-bond donors (Lipinski definition) is 0. The fraction of sp³-hybridized carbons (Fsp3) is 0. The summed E-state index contributed by atoms with van der Waals surface area (Å²) in [6, 6.07) is 1.47. The van der Waals surface area contributed by atoms with Gasteiger partial charge in [0, 0.05) is 0 Å². The Labute approximate surface area is 34.7 Å². The van der Waals surface area contributed by atoms with Gasteiger partial charge in [0.25, 0.3) is 0 Å². The molecule has 0 fully saturated rings. The lowest BCUT2D eigenvalue weighted by Crippen LogP contribution is -1.46. The SMILES string of the molecule is [NH-]c1ccon1. The van der Waals surface area contributed by atoms with E-state index in [9.17, 15) is 0 Å². The highest BCUT2D eigenvalue weighted by Gasteiger charge is 1.65. The van der Waals surface area contributed by atoms with E-state index in [-0.39, 0.29) is 5.82 Å². The minimum Gasteiger partial charge on any atom is -0.480 e. The highest BCUT2D eigenvalue weighted by atomic mass is 16.5. The fourth-order valence-corrected chi connectivity index (χ4v) is 0.213. The van der Waals surface area contributed by atoms with Crippen molar-refractivity contribution < 1.29 is 4.52 Å². The van der Waals surface area contributed by atoms with Gasteiger partial charge >= 0.3 is 0 Å². The molecule has 0 amide bonds. The van der Waals surface area contributed by atoms with Crippen LogP contribution in [0.4, 0.5) is 5.82 Å². The summed E-state index contributed by atoms with van der Waals surface area (Å²) in [6.07, 6.45) is 1.36. The highest BCUT2D eigenvalue weighted by molar-refractivity contribution is 5.27. The summed E-state index contributed by atoms with van der Waals surface area (Å²) in [5.41, 5.74) is 6.67. The molecule has 0 aliphatic carbocycles. The van der Waals surface area contributed by atoms with E-state index >= 15 is 0 Å². The number of rotatable bonds is 0. The molecular weight excluding hydrogens is 80.0 g/mol. The van der Waals surface area contributed by atoms with Crippen molar-refractivity contribution in [1.82, 2.24) is 5.16 Å². The van der Waals surface area contributed by atoms with Gasteiger partial charge in [-0.05, 0) is 11.9 Å². The molecule has 0 saturated heterocycles. The first-order chi connectivity index (χ1) is 2.89. The second-order valence-electron chi connectivity index (χ2n) is 0.885. The Balaban J connectivity index is 3.05. The van der Waals surface area contributed by atoms with Crippen molar-refractivity contribution >= 4 is 5.82 Å². The molecule has 1 aromatic rings. The van der Waals surface area contributed by atoms with Gasteiger partial charge in [-0.25, -0.2) is 0 Å². The first-order valence-electron chi connectivity index (χ1n) is 1.51. The Morgan fingerprint density at radius 1 is 1.83 bits per heavy atom. The largest absolute Gasteiger partial charge is 0.480 e. The lowest BCUT2D eigenvalue weighted by molar-refractivity contribution is 0.424. The third kappa shape index (κ3) is 0.337. The molecule has 1 aromatic heterocycles. The summed E-state index contributed by atoms with van der Waals surface area (Å²) in [5, 5.41) is 3.21. The predicted octanol–water partition coefficient (Wildman–Crippen LogP) is 1.36. The quantitative estimate of drug-likeness (QED) is 0.475. The van der Waals surface area contributed by atoms with Crippen LogP contribution >= 0.6 is 0 Å². The summed E-state index contributed by atoms with van der Waals surface area (Å²) < 4.78 is 4.28. The summed E-state index contributed by atoms with van der Waals surface area (Å²) >= 11 is 0. The van der Waals surface area contributed by atoms with Crippen LogP contribution in [0.3, 0.4) is 0 Å². The summed E-state index contributed by atoms with van der Waals surface area (Å²) in [5.74, 6) is 0.176. The number of nitrogens with one attached hydrogen (secondary N) is 1. The Morgan fingerprint density at radius 2 is 2.67 bits per heavy atom. The standard InChI is InChI=1S/C3H3N2O/c4-3-1-2-6-5-3/h1-2H,(H-,4,5)/q-1. The normalized spacial score (nSPS) is 8.67. The van der Waals surface area contributed by atoms with E-state index in [1.165, 1.54) is 12.3 Å². The molecule has 1 heterocycles. The van der Waals surface area contributed by atoms with Crippen LogP contribution < -0.4 is 0 Å². The molecule has 1 N–H and O–H groups in total. The van der Waals surface area contributed by atoms with Gasteiger partial charge in [0.05, 0.1) is 6.26 Å². The monoisotopic (exact) mass is 83.0 g/mol. The maximum absolute atomic E-state index is 6.67. The zero-order valence-electron chi connectivity index (χ0n) is 3.01. The Bertz CT molecular complexity index is 112. The van der Waals surface area contributed by atoms with Gasteiger partial charge in [-0.1, -0.05) is 0 Å². The summed E-state index contributed by atoms with van der Waals surface area (Å²) in [4.78, 5) is 0. The third-order valence-electron chi connectivity index (χ3n) is 0.438. The minimum atomic E-state index is 0.176. The molecule has 0 radical (unpaired) electrons. The molecule has 0 saturated carbocycles. The summed E-state index contributed by atoms with van der Waals surface area (Å²) in [6.45, 7) is 0. The van der Waals surface area contributed by atoms with E-state index in [2.05, 4.69) is 9.68 Å². The second kappa shape index (κ2) is 1.01. The van der Waals surface area contributed by atoms with E-state index in [1.54, 1.807) is 0 Å². The highest BCUT2D eigenvalue weighted by Crippen LogP contribution is 2.00. The van der Waals surface area contributed by atoms with Crippen molar-refractivity contribution in [3.05, 3.63) is 18.1 Å². The molecule has 0 aliphatic heterocycles. The van der Waals surface area contributed by atoms with Crippen molar-refractivity contribution in [3.63, 3.8) is 0 Å². The van der Waals surface area contributed by atoms with Gasteiger partial charge in [-0.3, -0.25) is 5.16 Å². The van der Waals surface area contributed by atoms with Crippen LogP contribution in [-0.2, 0) is 0 Å². The van der Waals surface area contributed by atoms with Crippen LogP contribution in [0.1, 0.15) is 0 Å². The molecule has 6 heavy (non-hydrogen) atoms. The molecule has 32 valence electrons. The number of hydrogen-bond acceptors (Lipinski definition) is 2. The van der Waals surface area contributed by atoms with Gasteiger partial charge in [0.2, 0.25) is 0 Å². The fourth-order valence-electron chi connectivity index (χ4n) is 0.213. The van der Waals surface area contributed by atoms with Gasteiger partial charge in [-0.2, -0.15) is 0 Å². The second-order valence-corrected chi connectivity index (χ2v) is 0.885. The van der Waals surface area contributed by atoms with Gasteiger partial charge < -0.3 is 10.3 Å². The molecule has 0 aliphatic rings. The molecule has 3 nitrogen and oxygen atoms in total. The molecule has 1 rings (SSSR count). The smallest absolute Gasteiger partial charge is 0.0936 e. The van der Waals surface area contributed by atoms with E-state index in [4.69, 9.17) is 5.73 Å². The van der Waals surface area contributed by atoms with Crippen LogP contribution in [0.2, 0.25) is 0 Å². The lowest BCUT2D eigenvalue weighted by atomic mass is 10.7. The van der Waals surface area contributed by atoms with Gasteiger partial charge in [-0.15, -0.1) is 0 Å². The Morgan fingerprint density at radius 3 is 2.83 bits per heavy atom. The maximum Gasteiger partial charge on any atom is 0.0936 e. The summed E-state index contributed by atoms with van der Waals surface area (Å²) in [7, 11) is 0. The van der Waals surface area contributed by atoms with Gasteiger partial charge in [0.1, 0.15) is 0 Å². The Kier molecular flexibility index (Phi) is 0.538. The van der Waals surface area contributed by atoms with Crippen molar-refractivity contribution in [1.29, 1.82) is 0 Å². The van der Waals surface area contributed by atoms with Crippen LogP contribution in [0.25, 0.3) is 5.73 Å². The molecule has 0 aromatic carbocycles. The third-order valence-corrected chi connectivity index (χ3v) is 0.438. The molecule has 0 atom stereocenters. The molecule has 3 heteroatoms. The van der Waals surface area contributed by atoms with E-state index in [0.717, 1.165) is 0 Å². The van der Waals surface area contributed by atoms with Gasteiger partial charge in [0.15, 0.2) is 0 Å². The molecule has 0 unspecified atom stereocenters. The lowest BCUT2D eigenvalue weighted by Gasteiger charge is -1.81. The average molecular weight is 83.1 g/mol. The van der Waals surface area contributed by atoms with Crippen LogP contribution in [-0.4, -0.2) is 5.16 Å². The van der Waals surface area contributed by atoms with Crippen molar-refractivity contribution in [3.8, 4) is 0 Å². The van der Waals surface area contributed by atoms with E-state index in [1.807, 2.05) is 0 Å². The van der Waals surface area contributed by atoms with E-state index in [0.29, 0.717) is 0 Å². The Hall–Kier alpha value is -0.990. The van der Waals surface area contributed by atoms with Crippen LogP contribution in [0, 0.1) is 0 Å². The first kappa shape index (κ1) is 3.21. The zero-order chi connectivity index (χ0) is 4.41. The van der Waals surface area contributed by atoms with E-state index < -0.39 is 0 Å². The van der Waals surface area contributed by atoms with Crippen LogP contribution in [0.5, 0.6) is 0 Å². The number of nitrogens with zero attached hydrogens (tertiary/aromatic N) is 1. The van der Waals surface area contributed by atoms with Crippen molar-refractivity contribution in [2.45, 2.75) is 0 Å². The predicted molar refractivity (Wildman–Crippen MR) is 20.5 cm³/mol. The molecule has 0 bridgehead atoms. The maximum atomic E-state index is 6.67. The average Bonchev–Trinajstić information content (AvgIpc) is 1.86. The van der Waals surface area contributed by atoms with Crippen molar-refractivity contribution in [2.75, 3.05) is 0 Å². The molecule has 0 spiro atoms. The van der Waals surface area contributed by atoms with Crippen molar-refractivity contribution in [2.24, 2.45) is 0 Å². The topological polar surface area (TPSA) is 49.8 Å². The number of aromatic nitrogens is 1. The molecular formula is C3H3N2O-. The first-order valence-corrected chi connectivity index (χ1v) is 1.51. The zero-order valence-corrected chi connectivity index (χ0v) is 3.01. The minimum absolute atomic E-state index is 0.176. The van der Waals surface area contributed by atoms with Crippen LogP contribution in [0.15, 0.2) is 16.9 Å².